The second-order valence-corrected chi connectivity index (χ2v) is 19.2. The second-order valence-electron chi connectivity index (χ2n) is 19.2. The number of carbonyl (C=O) groups is 2. The van der Waals surface area contributed by atoms with Crippen molar-refractivity contribution in [1.82, 2.24) is 0 Å². The number of aliphatic hydroxyl groups is 1. The highest BCUT2D eigenvalue weighted by Gasteiger charge is 2.28. The number of esters is 2. The Labute approximate surface area is 358 Å². The van der Waals surface area contributed by atoms with Crippen molar-refractivity contribution in [2.75, 3.05) is 20.0 Å². The summed E-state index contributed by atoms with van der Waals surface area (Å²) >= 11 is 0. The highest BCUT2D eigenvalue weighted by molar-refractivity contribution is 5.74. The Kier molecular flexibility index (Phi) is 29.5. The predicted octanol–water partition coefficient (Wildman–Crippen LogP) is 12.7. The normalized spacial score (nSPS) is 29.8. The lowest BCUT2D eigenvalue weighted by atomic mass is 9.80. The molecule has 0 amide bonds. The lowest BCUT2D eigenvalue weighted by Gasteiger charge is -2.30. The number of hydrogen-bond donors (Lipinski definition) is 1. The highest BCUT2D eigenvalue weighted by atomic mass is 16.7. The molecule has 4 aliphatic carbocycles. The van der Waals surface area contributed by atoms with E-state index >= 15 is 0 Å². The van der Waals surface area contributed by atoms with Crippen LogP contribution in [0.4, 0.5) is 0 Å². The molecule has 4 aliphatic rings. The molecule has 4 rings (SSSR count). The van der Waals surface area contributed by atoms with Crippen LogP contribution in [-0.4, -0.2) is 67.6 Å². The Bertz CT molecular complexity index is 1060. The molecule has 4 saturated carbocycles. The zero-order valence-corrected chi connectivity index (χ0v) is 40.0. The van der Waals surface area contributed by atoms with Crippen molar-refractivity contribution in [3.8, 4) is 0 Å². The van der Waals surface area contributed by atoms with E-state index in [0.29, 0.717) is 37.3 Å². The summed E-state index contributed by atoms with van der Waals surface area (Å²) in [6.45, 7) is 29.2. The number of aliphatic hydroxyl groups excluding tert-OH is 1. The quantitative estimate of drug-likeness (QED) is 0.0754. The van der Waals surface area contributed by atoms with Crippen LogP contribution >= 0.6 is 0 Å². The van der Waals surface area contributed by atoms with Crippen molar-refractivity contribution >= 4 is 11.9 Å². The summed E-state index contributed by atoms with van der Waals surface area (Å²) in [6, 6.07) is 0. The van der Waals surface area contributed by atoms with Crippen molar-refractivity contribution < 1.29 is 38.4 Å². The van der Waals surface area contributed by atoms with E-state index in [1.807, 2.05) is 27.7 Å². The van der Waals surface area contributed by atoms with Crippen LogP contribution in [0.1, 0.15) is 199 Å². The van der Waals surface area contributed by atoms with Gasteiger partial charge in [-0.05, 0) is 154 Å². The van der Waals surface area contributed by atoms with Gasteiger partial charge in [0.05, 0.1) is 18.8 Å². The van der Waals surface area contributed by atoms with E-state index < -0.39 is 12.1 Å². The van der Waals surface area contributed by atoms with Gasteiger partial charge < -0.3 is 28.8 Å². The van der Waals surface area contributed by atoms with Crippen molar-refractivity contribution in [2.24, 2.45) is 47.3 Å². The number of rotatable bonds is 15. The van der Waals surface area contributed by atoms with Gasteiger partial charge in [-0.15, -0.1) is 0 Å². The fraction of sp³-hybridized carbons (Fsp3) is 0.920. The third-order valence-corrected chi connectivity index (χ3v) is 13.6. The van der Waals surface area contributed by atoms with E-state index in [0.717, 1.165) is 61.6 Å². The molecule has 5 atom stereocenters. The molecule has 4 fully saturated rings. The van der Waals surface area contributed by atoms with Gasteiger partial charge in [0.2, 0.25) is 0 Å². The summed E-state index contributed by atoms with van der Waals surface area (Å²) in [7, 11) is 0. The maximum Gasteiger partial charge on any atom is 0.334 e. The molecule has 1 N–H and O–H groups in total. The van der Waals surface area contributed by atoms with Gasteiger partial charge in [-0.2, -0.15) is 0 Å². The summed E-state index contributed by atoms with van der Waals surface area (Å²) < 4.78 is 27.2. The zero-order chi connectivity index (χ0) is 43.6. The lowest BCUT2D eigenvalue weighted by molar-refractivity contribution is -0.160. The van der Waals surface area contributed by atoms with Crippen molar-refractivity contribution in [3.63, 3.8) is 0 Å². The molecular weight excluding hydrogens is 729 g/mol. The molecular formula is C50H94O8. The van der Waals surface area contributed by atoms with Gasteiger partial charge in [0.15, 0.2) is 0 Å². The van der Waals surface area contributed by atoms with Crippen LogP contribution in [0.15, 0.2) is 11.6 Å². The molecule has 342 valence electrons. The van der Waals surface area contributed by atoms with Crippen molar-refractivity contribution in [1.29, 1.82) is 0 Å². The molecule has 0 aromatic carbocycles. The molecule has 0 bridgehead atoms. The average Bonchev–Trinajstić information content (AvgIpc) is 3.19. The first-order chi connectivity index (χ1) is 27.5. The van der Waals surface area contributed by atoms with Gasteiger partial charge >= 0.3 is 11.9 Å². The minimum atomic E-state index is -1.00. The Morgan fingerprint density at radius 1 is 0.552 bits per heavy atom. The van der Waals surface area contributed by atoms with Gasteiger partial charge in [0, 0.05) is 13.0 Å². The minimum Gasteiger partial charge on any atom is -0.462 e. The van der Waals surface area contributed by atoms with Crippen molar-refractivity contribution in [2.45, 2.75) is 230 Å². The fourth-order valence-electron chi connectivity index (χ4n) is 8.66. The maximum atomic E-state index is 11.2. The monoisotopic (exact) mass is 823 g/mol. The molecule has 0 aliphatic heterocycles. The summed E-state index contributed by atoms with van der Waals surface area (Å²) in [6.07, 6.45) is 23.2. The number of ether oxygens (including phenoxy) is 5. The molecule has 5 unspecified atom stereocenters. The van der Waals surface area contributed by atoms with Crippen LogP contribution in [0.2, 0.25) is 0 Å². The van der Waals surface area contributed by atoms with E-state index in [1.165, 1.54) is 102 Å². The first-order valence-electron chi connectivity index (χ1n) is 24.0. The molecule has 0 saturated heterocycles. The molecule has 0 aromatic rings. The number of carbonyl (C=O) groups excluding carboxylic acids is 2. The molecule has 0 aromatic heterocycles. The lowest BCUT2D eigenvalue weighted by Crippen LogP contribution is -2.31. The molecule has 8 nitrogen and oxygen atoms in total. The number of hydrogen-bond acceptors (Lipinski definition) is 8. The zero-order valence-electron chi connectivity index (χ0n) is 40.0. The molecule has 0 spiro atoms. The van der Waals surface area contributed by atoms with Gasteiger partial charge in [0.1, 0.15) is 25.1 Å². The van der Waals surface area contributed by atoms with Crippen molar-refractivity contribution in [3.05, 3.63) is 11.6 Å². The fourth-order valence-corrected chi connectivity index (χ4v) is 8.66. The maximum absolute atomic E-state index is 11.2. The summed E-state index contributed by atoms with van der Waals surface area (Å²) in [5, 5.41) is 9.04. The van der Waals surface area contributed by atoms with Crippen LogP contribution in [-0.2, 0) is 33.3 Å². The first kappa shape index (κ1) is 54.5. The Balaban J connectivity index is 0.000000387. The third-order valence-electron chi connectivity index (χ3n) is 13.6. The summed E-state index contributed by atoms with van der Waals surface area (Å²) in [4.78, 5) is 22.3. The van der Waals surface area contributed by atoms with Crippen LogP contribution < -0.4 is 0 Å². The van der Waals surface area contributed by atoms with E-state index in [-0.39, 0.29) is 18.2 Å². The standard InChI is InChI=1S/C14H26O.C12H22O3.C12H24O2.C12H22O2/c1-11(2)9-10-15-13(4)14-7-5-12(3)6-8-14;1-8-4-6-11(7-5-8)10(3)15-12(14)9(2)13;1-4-13-9-14-11(3)12-7-5-10(2)6-8-12;1-4-12(13)14-10(3)11-7-5-9(2)6-8-11/h9,12-14H,5-8,10H2,1-4H3;8-11,13H,4-7H2,1-3H3;10-12H,4-9H2,1-3H3;9-11H,4-8H2,1-3H3. The molecule has 0 heterocycles. The van der Waals surface area contributed by atoms with Gasteiger partial charge in [-0.25, -0.2) is 4.79 Å². The van der Waals surface area contributed by atoms with Gasteiger partial charge in [-0.1, -0.05) is 97.6 Å². The van der Waals surface area contributed by atoms with Crippen LogP contribution in [0.3, 0.4) is 0 Å². The highest BCUT2D eigenvalue weighted by Crippen LogP contribution is 2.34. The Morgan fingerprint density at radius 2 is 0.897 bits per heavy atom. The van der Waals surface area contributed by atoms with Crippen LogP contribution in [0, 0.1) is 47.3 Å². The average molecular weight is 823 g/mol. The van der Waals surface area contributed by atoms with Gasteiger partial charge in [0.25, 0.3) is 0 Å². The van der Waals surface area contributed by atoms with Crippen LogP contribution in [0.5, 0.6) is 0 Å². The van der Waals surface area contributed by atoms with E-state index in [4.69, 9.17) is 28.8 Å². The van der Waals surface area contributed by atoms with E-state index in [1.54, 1.807) is 0 Å². The second kappa shape index (κ2) is 31.4. The molecule has 58 heavy (non-hydrogen) atoms. The molecule has 8 heteroatoms. The smallest absolute Gasteiger partial charge is 0.334 e. The van der Waals surface area contributed by atoms with E-state index in [2.05, 4.69) is 61.5 Å². The third kappa shape index (κ3) is 24.7. The topological polar surface area (TPSA) is 101 Å². The van der Waals surface area contributed by atoms with Gasteiger partial charge in [-0.3, -0.25) is 4.79 Å². The predicted molar refractivity (Wildman–Crippen MR) is 239 cm³/mol. The van der Waals surface area contributed by atoms with E-state index in [9.17, 15) is 9.59 Å². The largest absolute Gasteiger partial charge is 0.462 e. The minimum absolute atomic E-state index is 0.0559. The Hall–Kier alpha value is -1.48. The Morgan fingerprint density at radius 3 is 1.22 bits per heavy atom. The number of allylic oxidation sites excluding steroid dienone is 1. The first-order valence-corrected chi connectivity index (χ1v) is 24.0. The SMILES string of the molecule is CC(C)=CCOC(C)C1CCC(C)CC1.CC1CCC(C(C)OC(=O)C(C)O)CC1.CCC(=O)OC(C)C1CCC(C)CC1.CCOCOC(C)C1CCC(C)CC1. The van der Waals surface area contributed by atoms with Crippen LogP contribution in [0.25, 0.3) is 0 Å². The summed E-state index contributed by atoms with van der Waals surface area (Å²) in [5.41, 5.74) is 1.35. The summed E-state index contributed by atoms with van der Waals surface area (Å²) in [5.74, 6) is 5.60. The molecule has 0 radical (unpaired) electrons.